The molecule has 0 aromatic rings. The number of nitrogens with one attached hydrogen (secondary N) is 5. The van der Waals surface area contributed by atoms with E-state index in [4.69, 9.17) is 5.84 Å². The van der Waals surface area contributed by atoms with Crippen LogP contribution >= 0.6 is 0 Å². The van der Waals surface area contributed by atoms with E-state index in [0.717, 1.165) is 13.1 Å². The Morgan fingerprint density at radius 2 is 2.00 bits per heavy atom. The number of hydrogen-bond donors (Lipinski definition) is 6. The number of fused-ring (bicyclic) bond motifs is 6. The first-order valence-electron chi connectivity index (χ1n) is 6.30. The smallest absolute Gasteiger partial charge is 0.0837 e. The molecule has 4 rings (SSSR count). The molecule has 8 nitrogen and oxygen atoms in total. The molecule has 6 atom stereocenters. The lowest BCUT2D eigenvalue weighted by Gasteiger charge is -2.53. The molecule has 4 saturated heterocycles. The zero-order valence-electron chi connectivity index (χ0n) is 9.85. The minimum Gasteiger partial charge on any atom is -0.269 e. The molecule has 7 N–H and O–H groups in total. The predicted molar refractivity (Wildman–Crippen MR) is 61.4 cm³/mol. The van der Waals surface area contributed by atoms with Gasteiger partial charge in [0.1, 0.15) is 0 Å². The highest BCUT2D eigenvalue weighted by Crippen LogP contribution is 2.44. The molecule has 0 spiro atoms. The van der Waals surface area contributed by atoms with Crippen molar-refractivity contribution in [2.75, 3.05) is 13.1 Å². The number of hydrogen-bond acceptors (Lipinski definition) is 8. The van der Waals surface area contributed by atoms with E-state index in [2.05, 4.69) is 44.1 Å². The molecule has 6 unspecified atom stereocenters. The molecule has 0 amide bonds. The van der Waals surface area contributed by atoms with Gasteiger partial charge in [0, 0.05) is 25.0 Å². The summed E-state index contributed by atoms with van der Waals surface area (Å²) < 4.78 is 0. The molecule has 17 heavy (non-hydrogen) atoms. The number of rotatable bonds is 2. The van der Waals surface area contributed by atoms with Crippen molar-refractivity contribution in [3.8, 4) is 0 Å². The maximum absolute atomic E-state index is 5.36. The maximum Gasteiger partial charge on any atom is 0.0837 e. The molecular formula is C9H20N8. The average Bonchev–Trinajstić information content (AvgIpc) is 2.89. The summed E-state index contributed by atoms with van der Waals surface area (Å²) in [5, 5.41) is 0. The molecule has 8 heteroatoms. The van der Waals surface area contributed by atoms with Gasteiger partial charge in [-0.25, -0.2) is 16.3 Å². The lowest BCUT2D eigenvalue weighted by atomic mass is 10.0. The van der Waals surface area contributed by atoms with Crippen molar-refractivity contribution in [3.05, 3.63) is 0 Å². The number of nitrogens with two attached hydrogens (primary N) is 1. The minimum atomic E-state index is 0.427. The molecule has 4 aliphatic rings. The normalized spacial score (nSPS) is 53.3. The second kappa shape index (κ2) is 3.59. The van der Waals surface area contributed by atoms with Crippen molar-refractivity contribution in [2.24, 2.45) is 11.8 Å². The molecule has 96 valence electrons. The second-order valence-electron chi connectivity index (χ2n) is 5.52. The van der Waals surface area contributed by atoms with Crippen molar-refractivity contribution < 1.29 is 0 Å². The van der Waals surface area contributed by atoms with Gasteiger partial charge >= 0.3 is 0 Å². The van der Waals surface area contributed by atoms with Crippen LogP contribution in [0.25, 0.3) is 0 Å². The van der Waals surface area contributed by atoms with Gasteiger partial charge in [0.05, 0.1) is 24.4 Å². The standard InChI is InChI=1S/C9H20N8/c1-4-5(11-14-10)2-16-8(4)17-3-6-7(9(16)17)13-15-12-6/h4-9,11-15H,2-3,10H2,1H3. The summed E-state index contributed by atoms with van der Waals surface area (Å²) in [6, 6.07) is 1.44. The molecular weight excluding hydrogens is 220 g/mol. The summed E-state index contributed by atoms with van der Waals surface area (Å²) in [4.78, 5) is 5.17. The van der Waals surface area contributed by atoms with Gasteiger partial charge in [0.15, 0.2) is 0 Å². The van der Waals surface area contributed by atoms with E-state index >= 15 is 0 Å². The fraction of sp³-hybridized carbons (Fsp3) is 1.00. The molecule has 4 fully saturated rings. The van der Waals surface area contributed by atoms with Crippen LogP contribution in [0.3, 0.4) is 0 Å². The van der Waals surface area contributed by atoms with Gasteiger partial charge in [-0.2, -0.15) is 11.1 Å². The van der Waals surface area contributed by atoms with Gasteiger partial charge in [0.2, 0.25) is 0 Å². The molecule has 0 radical (unpaired) electrons. The number of nitrogens with zero attached hydrogens (tertiary/aromatic N) is 2. The molecule has 0 aliphatic carbocycles. The van der Waals surface area contributed by atoms with Crippen molar-refractivity contribution in [2.45, 2.75) is 37.4 Å². The Hall–Kier alpha value is -0.320. The van der Waals surface area contributed by atoms with Crippen LogP contribution in [0.15, 0.2) is 0 Å². The van der Waals surface area contributed by atoms with E-state index in [-0.39, 0.29) is 0 Å². The van der Waals surface area contributed by atoms with Gasteiger partial charge in [-0.1, -0.05) is 6.92 Å². The fourth-order valence-corrected chi connectivity index (χ4v) is 4.03. The van der Waals surface area contributed by atoms with E-state index in [1.807, 2.05) is 0 Å². The van der Waals surface area contributed by atoms with Crippen LogP contribution in [0, 0.1) is 5.92 Å². The van der Waals surface area contributed by atoms with Crippen molar-refractivity contribution in [1.29, 1.82) is 0 Å². The van der Waals surface area contributed by atoms with Crippen molar-refractivity contribution in [1.82, 2.24) is 37.1 Å². The fourth-order valence-electron chi connectivity index (χ4n) is 4.03. The quantitative estimate of drug-likeness (QED) is 0.220. The van der Waals surface area contributed by atoms with Gasteiger partial charge in [-0.15, -0.1) is 0 Å². The molecule has 4 aliphatic heterocycles. The molecule has 0 aromatic carbocycles. The van der Waals surface area contributed by atoms with Crippen LogP contribution in [0.2, 0.25) is 0 Å². The van der Waals surface area contributed by atoms with E-state index in [1.54, 1.807) is 0 Å². The van der Waals surface area contributed by atoms with E-state index < -0.39 is 0 Å². The largest absolute Gasteiger partial charge is 0.269 e. The summed E-state index contributed by atoms with van der Waals surface area (Å²) in [6.07, 6.45) is 1.10. The highest BCUT2D eigenvalue weighted by atomic mass is 15.7. The average molecular weight is 240 g/mol. The van der Waals surface area contributed by atoms with Crippen LogP contribution in [-0.4, -0.2) is 53.3 Å². The summed E-state index contributed by atoms with van der Waals surface area (Å²) in [5.74, 6) is 5.95. The van der Waals surface area contributed by atoms with Gasteiger partial charge < -0.3 is 0 Å². The maximum atomic E-state index is 5.36. The zero-order chi connectivity index (χ0) is 11.6. The second-order valence-corrected chi connectivity index (χ2v) is 5.52. The third kappa shape index (κ3) is 1.24. The van der Waals surface area contributed by atoms with Crippen molar-refractivity contribution >= 4 is 0 Å². The van der Waals surface area contributed by atoms with Crippen molar-refractivity contribution in [3.63, 3.8) is 0 Å². The van der Waals surface area contributed by atoms with Gasteiger partial charge in [-0.3, -0.25) is 15.6 Å². The van der Waals surface area contributed by atoms with Crippen LogP contribution in [0.1, 0.15) is 6.92 Å². The Kier molecular flexibility index (Phi) is 2.24. The van der Waals surface area contributed by atoms with Crippen LogP contribution < -0.4 is 33.2 Å². The Labute approximate surface area is 100 Å². The topological polar surface area (TPSA) is 92.7 Å². The summed E-state index contributed by atoms with van der Waals surface area (Å²) in [6.45, 7) is 4.47. The zero-order valence-corrected chi connectivity index (χ0v) is 9.85. The first-order valence-corrected chi connectivity index (χ1v) is 6.30. The Balaban J connectivity index is 1.53. The Morgan fingerprint density at radius 1 is 1.18 bits per heavy atom. The number of hydrazine groups is 4. The summed E-state index contributed by atoms with van der Waals surface area (Å²) >= 11 is 0. The van der Waals surface area contributed by atoms with Crippen LogP contribution in [0.4, 0.5) is 0 Å². The Bertz CT molecular complexity index is 324. The summed E-state index contributed by atoms with van der Waals surface area (Å²) in [7, 11) is 0. The monoisotopic (exact) mass is 240 g/mol. The lowest BCUT2D eigenvalue weighted by molar-refractivity contribution is -0.147. The first kappa shape index (κ1) is 10.6. The molecule has 0 aromatic heterocycles. The molecule has 0 bridgehead atoms. The van der Waals surface area contributed by atoms with Gasteiger partial charge in [-0.05, 0) is 0 Å². The minimum absolute atomic E-state index is 0.427. The summed E-state index contributed by atoms with van der Waals surface area (Å²) in [5.41, 5.74) is 15.4. The van der Waals surface area contributed by atoms with Crippen LogP contribution in [0.5, 0.6) is 0 Å². The SMILES string of the molecule is CC1C(NNN)CN2C1N1CC3NNNC3C21. The van der Waals surface area contributed by atoms with Gasteiger partial charge in [0.25, 0.3) is 0 Å². The van der Waals surface area contributed by atoms with E-state index in [1.165, 1.54) is 0 Å². The van der Waals surface area contributed by atoms with Crippen LogP contribution in [-0.2, 0) is 0 Å². The highest BCUT2D eigenvalue weighted by Gasteiger charge is 2.63. The predicted octanol–water partition coefficient (Wildman–Crippen LogP) is -3.39. The lowest BCUT2D eigenvalue weighted by Crippen LogP contribution is -2.71. The molecule has 0 saturated carbocycles. The molecule has 4 heterocycles. The highest BCUT2D eigenvalue weighted by molar-refractivity contribution is 5.15. The third-order valence-corrected chi connectivity index (χ3v) is 4.80. The third-order valence-electron chi connectivity index (χ3n) is 4.80. The first-order chi connectivity index (χ1) is 8.31. The van der Waals surface area contributed by atoms with E-state index in [0.29, 0.717) is 36.4 Å². The Morgan fingerprint density at radius 3 is 2.82 bits per heavy atom. The van der Waals surface area contributed by atoms with E-state index in [9.17, 15) is 0 Å².